The van der Waals surface area contributed by atoms with Crippen LogP contribution in [0, 0.1) is 0 Å². The minimum Gasteiger partial charge on any atom is -0.311 e. The summed E-state index contributed by atoms with van der Waals surface area (Å²) in [6.07, 6.45) is 0. The number of hydrogen-bond donors (Lipinski definition) is 0. The van der Waals surface area contributed by atoms with Crippen LogP contribution < -0.4 is 42.6 Å². The van der Waals surface area contributed by atoms with Gasteiger partial charge in [-0.15, -0.1) is 0 Å². The van der Waals surface area contributed by atoms with Crippen LogP contribution >= 0.6 is 23.5 Å². The fourth-order valence-electron chi connectivity index (χ4n) is 15.8. The smallest absolute Gasteiger partial charge is 0.249 e. The molecule has 0 radical (unpaired) electrons. The third kappa shape index (κ3) is 10.5. The SMILES string of the molecule is CC(C)(C)c1ccc(N2c3cc4c(cc3B3c5ccc(C(C)(C)C)cc5Sc5cc(C(C)(C)C)cc2c53)B2c3ccc(C(C)(C)C)cc3Sc3cc(-n5c6ccc(C(C)(C)C)cc6c6cc(C(C)(C)C)ccc65)cc(c32)N4c2c(-c3ccccc3)cccc2-c2ccccc2)cc1. The number of hydrogen-bond acceptors (Lipinski definition) is 4. The fourth-order valence-corrected chi connectivity index (χ4v) is 18.3. The quantitative estimate of drug-likeness (QED) is 0.159. The number of fused-ring (bicyclic) bond motifs is 11. The molecule has 0 N–H and O–H groups in total. The van der Waals surface area contributed by atoms with Crippen LogP contribution in [0.1, 0.15) is 158 Å². The zero-order chi connectivity index (χ0) is 67.9. The molecular weight excluding hydrogens is 1210 g/mol. The van der Waals surface area contributed by atoms with E-state index in [-0.39, 0.29) is 45.9 Å². The van der Waals surface area contributed by atoms with Gasteiger partial charge in [0.1, 0.15) is 0 Å². The Morgan fingerprint density at radius 2 is 0.680 bits per heavy atom. The first-order valence-electron chi connectivity index (χ1n) is 35.1. The second-order valence-corrected chi connectivity index (χ2v) is 36.4. The van der Waals surface area contributed by atoms with Crippen molar-refractivity contribution < 1.29 is 0 Å². The Labute approximate surface area is 586 Å². The number of nitrogens with zero attached hydrogens (tertiary/aromatic N) is 3. The van der Waals surface area contributed by atoms with E-state index in [2.05, 4.69) is 351 Å². The molecule has 0 amide bonds. The molecule has 3 nitrogen and oxygen atoms in total. The van der Waals surface area contributed by atoms with Gasteiger partial charge in [-0.3, -0.25) is 0 Å². The van der Waals surface area contributed by atoms with Crippen LogP contribution in [-0.4, -0.2) is 18.0 Å². The summed E-state index contributed by atoms with van der Waals surface area (Å²) in [7, 11) is 0. The Balaban J connectivity index is 1.08. The molecule has 4 aliphatic rings. The van der Waals surface area contributed by atoms with Crippen molar-refractivity contribution in [1.82, 2.24) is 4.57 Å². The fraction of sp³-hybridized carbons (Fsp3) is 0.267. The van der Waals surface area contributed by atoms with Gasteiger partial charge >= 0.3 is 0 Å². The van der Waals surface area contributed by atoms with E-state index < -0.39 is 0 Å². The van der Waals surface area contributed by atoms with Crippen LogP contribution in [0.5, 0.6) is 0 Å². The monoisotopic (exact) mass is 1300 g/mol. The van der Waals surface area contributed by atoms with Crippen molar-refractivity contribution in [3.63, 3.8) is 0 Å². The molecule has 0 unspecified atom stereocenters. The van der Waals surface area contributed by atoms with Crippen LogP contribution in [0.25, 0.3) is 49.7 Å². The van der Waals surface area contributed by atoms with E-state index >= 15 is 0 Å². The van der Waals surface area contributed by atoms with Crippen molar-refractivity contribution in [1.29, 1.82) is 0 Å². The molecule has 16 rings (SSSR count). The summed E-state index contributed by atoms with van der Waals surface area (Å²) in [5.41, 5.74) is 31.3. The molecule has 11 aromatic carbocycles. The third-order valence-electron chi connectivity index (χ3n) is 21.4. The van der Waals surface area contributed by atoms with Crippen LogP contribution in [0.3, 0.4) is 0 Å². The maximum Gasteiger partial charge on any atom is 0.249 e. The summed E-state index contributed by atoms with van der Waals surface area (Å²) in [5, 5.41) is 2.57. The Hall–Kier alpha value is -8.35. The lowest BCUT2D eigenvalue weighted by atomic mass is 9.31. The molecule has 0 spiro atoms. The van der Waals surface area contributed by atoms with Gasteiger partial charge in [-0.05, 0) is 178 Å². The first-order chi connectivity index (χ1) is 45.9. The molecule has 0 saturated carbocycles. The Kier molecular flexibility index (Phi) is 14.4. The van der Waals surface area contributed by atoms with E-state index in [1.54, 1.807) is 0 Å². The molecule has 4 aliphatic heterocycles. The molecular formula is C90H89B2N3S2. The van der Waals surface area contributed by atoms with Gasteiger partial charge in [0.15, 0.2) is 0 Å². The number of para-hydroxylation sites is 1. The molecule has 0 fully saturated rings. The number of aromatic nitrogens is 1. The lowest BCUT2D eigenvalue weighted by molar-refractivity contribution is 0.588. The Morgan fingerprint density at radius 3 is 1.14 bits per heavy atom. The standard InChI is InChI=1S/C90H89B2N3S2/c1-85(2,3)56-32-38-62(39-33-56)93-74-53-75-71(52-70(74)91-68-40-34-59(88(10,11)12)47-78(68)96-80-49-61(90(16,17)18)46-76(93)82(80)91)92-69-41-35-60(89(13,14)15)48-79(69)97-81-51-63(94-72-42-36-57(86(4,5)6)44-66(72)67-45-58(87(7,8)9)37-43-73(67)94)50-77(83(81)92)95(75)84-64(54-26-21-19-22-27-54)30-25-31-65(84)55-28-23-20-24-29-55/h19-53H,1-18H3. The average molecular weight is 1300 g/mol. The summed E-state index contributed by atoms with van der Waals surface area (Å²) >= 11 is 3.95. The number of rotatable bonds is 5. The number of benzene rings is 11. The van der Waals surface area contributed by atoms with Gasteiger partial charge in [-0.25, -0.2) is 0 Å². The van der Waals surface area contributed by atoms with Gasteiger partial charge in [0.05, 0.1) is 16.7 Å². The topological polar surface area (TPSA) is 11.4 Å². The van der Waals surface area contributed by atoms with E-state index in [1.807, 2.05) is 23.5 Å². The normalized spacial score (nSPS) is 14.3. The van der Waals surface area contributed by atoms with E-state index in [9.17, 15) is 0 Å². The first-order valence-corrected chi connectivity index (χ1v) is 36.7. The highest BCUT2D eigenvalue weighted by Gasteiger charge is 2.48. The molecule has 0 aliphatic carbocycles. The highest BCUT2D eigenvalue weighted by molar-refractivity contribution is 8.00. The minimum atomic E-state index is -0.128. The molecule has 12 aromatic rings. The third-order valence-corrected chi connectivity index (χ3v) is 23.7. The highest BCUT2D eigenvalue weighted by Crippen LogP contribution is 2.53. The maximum absolute atomic E-state index is 2.76. The minimum absolute atomic E-state index is 0.0245. The Bertz CT molecular complexity index is 5100. The molecule has 1 aromatic heterocycles. The van der Waals surface area contributed by atoms with E-state index in [0.29, 0.717) is 0 Å². The lowest BCUT2D eigenvalue weighted by Gasteiger charge is -2.45. The molecule has 97 heavy (non-hydrogen) atoms. The van der Waals surface area contributed by atoms with Gasteiger partial charge < -0.3 is 14.4 Å². The van der Waals surface area contributed by atoms with Crippen molar-refractivity contribution in [2.45, 2.75) is 177 Å². The van der Waals surface area contributed by atoms with E-state index in [1.165, 1.54) is 153 Å². The molecule has 0 bridgehead atoms. The second-order valence-electron chi connectivity index (χ2n) is 34.3. The Morgan fingerprint density at radius 1 is 0.278 bits per heavy atom. The summed E-state index contributed by atoms with van der Waals surface area (Å²) in [6.45, 7) is 42.2. The molecule has 0 atom stereocenters. The summed E-state index contributed by atoms with van der Waals surface area (Å²) in [5.74, 6) is 0. The zero-order valence-electron chi connectivity index (χ0n) is 60.0. The predicted octanol–water partition coefficient (Wildman–Crippen LogP) is 21.4. The van der Waals surface area contributed by atoms with Gasteiger partial charge in [-0.2, -0.15) is 0 Å². The van der Waals surface area contributed by atoms with Crippen LogP contribution in [-0.2, 0) is 32.5 Å². The predicted molar refractivity (Wildman–Crippen MR) is 424 cm³/mol. The summed E-state index contributed by atoms with van der Waals surface area (Å²) in [6, 6.07) is 84.2. The zero-order valence-corrected chi connectivity index (χ0v) is 61.7. The summed E-state index contributed by atoms with van der Waals surface area (Å²) in [4.78, 5) is 10.7. The highest BCUT2D eigenvalue weighted by atomic mass is 32.2. The van der Waals surface area contributed by atoms with Crippen molar-refractivity contribution in [3.8, 4) is 27.9 Å². The molecule has 5 heterocycles. The second kappa shape index (κ2) is 22.1. The summed E-state index contributed by atoms with van der Waals surface area (Å²) < 4.78 is 2.60. The van der Waals surface area contributed by atoms with Crippen molar-refractivity contribution in [2.75, 3.05) is 9.80 Å². The van der Waals surface area contributed by atoms with E-state index in [0.717, 1.165) is 17.1 Å². The van der Waals surface area contributed by atoms with Crippen LogP contribution in [0.15, 0.2) is 232 Å². The molecule has 0 saturated heterocycles. The van der Waals surface area contributed by atoms with Gasteiger partial charge in [0.25, 0.3) is 0 Å². The van der Waals surface area contributed by atoms with Crippen molar-refractivity contribution in [3.05, 3.63) is 246 Å². The first kappa shape index (κ1) is 63.4. The molecule has 7 heteroatoms. The maximum atomic E-state index is 2.76. The van der Waals surface area contributed by atoms with Crippen LogP contribution in [0.2, 0.25) is 0 Å². The van der Waals surface area contributed by atoms with E-state index in [4.69, 9.17) is 0 Å². The van der Waals surface area contributed by atoms with Crippen molar-refractivity contribution >= 4 is 126 Å². The molecule has 482 valence electrons. The van der Waals surface area contributed by atoms with Gasteiger partial charge in [0, 0.05) is 75.6 Å². The largest absolute Gasteiger partial charge is 0.311 e. The lowest BCUT2D eigenvalue weighted by Crippen LogP contribution is -2.64. The van der Waals surface area contributed by atoms with Crippen molar-refractivity contribution in [2.24, 2.45) is 0 Å². The van der Waals surface area contributed by atoms with Gasteiger partial charge in [-0.1, -0.05) is 293 Å². The average Bonchev–Trinajstić information content (AvgIpc) is 0.727. The van der Waals surface area contributed by atoms with Gasteiger partial charge in [0.2, 0.25) is 13.4 Å². The number of anilines is 6. The van der Waals surface area contributed by atoms with Crippen LogP contribution in [0.4, 0.5) is 34.1 Å².